The number of aliphatic hydroxyl groups is 3. The molecule has 2 aromatic rings. The monoisotopic (exact) mass is 310 g/mol. The molecule has 0 aliphatic carbocycles. The zero-order valence-corrected chi connectivity index (χ0v) is 11.9. The summed E-state index contributed by atoms with van der Waals surface area (Å²) in [4.78, 5) is 12.3. The van der Waals surface area contributed by atoms with Crippen molar-refractivity contribution in [2.75, 3.05) is 24.2 Å². The number of nitrogen functional groups attached to an aromatic ring is 1. The lowest BCUT2D eigenvalue weighted by atomic mass is 10.1. The summed E-state index contributed by atoms with van der Waals surface area (Å²) in [5.41, 5.74) is 6.55. The molecule has 0 amide bonds. The largest absolute Gasteiger partial charge is 0.394 e. The number of nitrogens with two attached hydrogens (primary N) is 1. The van der Waals surface area contributed by atoms with Crippen LogP contribution in [0.25, 0.3) is 11.2 Å². The molecule has 1 fully saturated rings. The van der Waals surface area contributed by atoms with Crippen molar-refractivity contribution in [1.29, 1.82) is 0 Å². The van der Waals surface area contributed by atoms with Crippen LogP contribution in [0.1, 0.15) is 13.2 Å². The molecule has 4 atom stereocenters. The van der Waals surface area contributed by atoms with Crippen molar-refractivity contribution in [1.82, 2.24) is 19.5 Å². The second-order valence-electron chi connectivity index (χ2n) is 5.00. The minimum atomic E-state index is -1.23. The number of nitrogens with one attached hydrogen (secondary N) is 1. The third kappa shape index (κ3) is 2.16. The number of fused-ring (bicyclic) bond motifs is 1. The fraction of sp³-hybridized carbons (Fsp3) is 0.583. The Morgan fingerprint density at radius 2 is 2.14 bits per heavy atom. The second kappa shape index (κ2) is 5.65. The highest BCUT2D eigenvalue weighted by atomic mass is 16.6. The van der Waals surface area contributed by atoms with E-state index in [1.54, 1.807) is 0 Å². The highest BCUT2D eigenvalue weighted by molar-refractivity contribution is 5.84. The van der Waals surface area contributed by atoms with Crippen molar-refractivity contribution in [2.24, 2.45) is 0 Å². The van der Waals surface area contributed by atoms with E-state index in [-0.39, 0.29) is 5.82 Å². The van der Waals surface area contributed by atoms with Gasteiger partial charge in [0, 0.05) is 6.54 Å². The van der Waals surface area contributed by atoms with E-state index in [0.29, 0.717) is 23.7 Å². The lowest BCUT2D eigenvalue weighted by Crippen LogP contribution is -2.33. The summed E-state index contributed by atoms with van der Waals surface area (Å²) < 4.78 is 7.06. The maximum atomic E-state index is 10.2. The van der Waals surface area contributed by atoms with Crippen LogP contribution in [0.3, 0.4) is 0 Å². The number of imidazole rings is 1. The van der Waals surface area contributed by atoms with Crippen LogP contribution < -0.4 is 11.1 Å². The molecule has 1 aliphatic rings. The highest BCUT2D eigenvalue weighted by Crippen LogP contribution is 2.34. The van der Waals surface area contributed by atoms with Gasteiger partial charge in [0.2, 0.25) is 5.95 Å². The Morgan fingerprint density at radius 3 is 2.77 bits per heavy atom. The van der Waals surface area contributed by atoms with E-state index in [9.17, 15) is 15.3 Å². The van der Waals surface area contributed by atoms with Gasteiger partial charge in [0.05, 0.1) is 6.61 Å². The first-order valence-electron chi connectivity index (χ1n) is 6.93. The minimum Gasteiger partial charge on any atom is -0.394 e. The SMILES string of the molecule is CCNc1nc2c(N)ncnc2n1[C@@H]1O[C@H](CO)[C@@H](O)[C@H]1O. The molecule has 0 radical (unpaired) electrons. The second-order valence-corrected chi connectivity index (χ2v) is 5.00. The van der Waals surface area contributed by atoms with Gasteiger partial charge in [-0.3, -0.25) is 4.57 Å². The van der Waals surface area contributed by atoms with Gasteiger partial charge in [0.15, 0.2) is 23.2 Å². The van der Waals surface area contributed by atoms with Gasteiger partial charge in [-0.25, -0.2) is 15.0 Å². The lowest BCUT2D eigenvalue weighted by molar-refractivity contribution is -0.0501. The van der Waals surface area contributed by atoms with E-state index in [2.05, 4.69) is 20.3 Å². The van der Waals surface area contributed by atoms with E-state index >= 15 is 0 Å². The number of hydrogen-bond donors (Lipinski definition) is 5. The first-order valence-corrected chi connectivity index (χ1v) is 6.93. The Bertz CT molecular complexity index is 677. The fourth-order valence-electron chi connectivity index (χ4n) is 2.54. The quantitative estimate of drug-likeness (QED) is 0.452. The Hall–Kier alpha value is -2.01. The molecule has 10 heteroatoms. The van der Waals surface area contributed by atoms with Crippen LogP contribution in [0.2, 0.25) is 0 Å². The molecular formula is C12H18N6O4. The number of ether oxygens (including phenoxy) is 1. The molecule has 2 aromatic heterocycles. The van der Waals surface area contributed by atoms with Crippen molar-refractivity contribution in [3.63, 3.8) is 0 Å². The Kier molecular flexibility index (Phi) is 3.83. The number of anilines is 2. The van der Waals surface area contributed by atoms with Crippen LogP contribution in [-0.2, 0) is 4.74 Å². The molecule has 0 unspecified atom stereocenters. The van der Waals surface area contributed by atoms with Gasteiger partial charge < -0.3 is 31.1 Å². The zero-order chi connectivity index (χ0) is 15.9. The predicted octanol–water partition coefficient (Wildman–Crippen LogP) is -1.55. The van der Waals surface area contributed by atoms with Crippen LogP contribution >= 0.6 is 0 Å². The number of aromatic nitrogens is 4. The smallest absolute Gasteiger partial charge is 0.207 e. The molecule has 6 N–H and O–H groups in total. The number of aliphatic hydroxyl groups excluding tert-OH is 3. The summed E-state index contributed by atoms with van der Waals surface area (Å²) in [6.45, 7) is 2.05. The summed E-state index contributed by atoms with van der Waals surface area (Å²) in [6, 6.07) is 0. The van der Waals surface area contributed by atoms with Gasteiger partial charge in [-0.15, -0.1) is 0 Å². The summed E-state index contributed by atoms with van der Waals surface area (Å²) >= 11 is 0. The van der Waals surface area contributed by atoms with Crippen molar-refractivity contribution in [3.8, 4) is 0 Å². The Balaban J connectivity index is 2.13. The molecule has 22 heavy (non-hydrogen) atoms. The average Bonchev–Trinajstić information content (AvgIpc) is 3.00. The van der Waals surface area contributed by atoms with Gasteiger partial charge in [-0.2, -0.15) is 0 Å². The van der Waals surface area contributed by atoms with Crippen LogP contribution in [0.4, 0.5) is 11.8 Å². The van der Waals surface area contributed by atoms with Crippen molar-refractivity contribution >= 4 is 22.9 Å². The van der Waals surface area contributed by atoms with E-state index < -0.39 is 31.1 Å². The number of nitrogens with zero attached hydrogens (tertiary/aromatic N) is 4. The summed E-state index contributed by atoms with van der Waals surface area (Å²) in [7, 11) is 0. The number of rotatable bonds is 4. The van der Waals surface area contributed by atoms with Crippen LogP contribution in [0, 0.1) is 0 Å². The maximum Gasteiger partial charge on any atom is 0.207 e. The Morgan fingerprint density at radius 1 is 1.36 bits per heavy atom. The van der Waals surface area contributed by atoms with Crippen molar-refractivity contribution in [3.05, 3.63) is 6.33 Å². The predicted molar refractivity (Wildman–Crippen MR) is 76.9 cm³/mol. The fourth-order valence-corrected chi connectivity index (χ4v) is 2.54. The molecule has 10 nitrogen and oxygen atoms in total. The van der Waals surface area contributed by atoms with Crippen LogP contribution in [-0.4, -0.2) is 66.3 Å². The average molecular weight is 310 g/mol. The molecule has 0 aromatic carbocycles. The molecule has 1 aliphatic heterocycles. The molecule has 1 saturated heterocycles. The number of hydrogen-bond acceptors (Lipinski definition) is 9. The first-order chi connectivity index (χ1) is 10.6. The molecule has 0 saturated carbocycles. The van der Waals surface area contributed by atoms with E-state index in [1.807, 2.05) is 6.92 Å². The molecule has 3 rings (SSSR count). The third-order valence-electron chi connectivity index (χ3n) is 3.61. The van der Waals surface area contributed by atoms with Gasteiger partial charge in [-0.05, 0) is 6.92 Å². The van der Waals surface area contributed by atoms with Crippen LogP contribution in [0.5, 0.6) is 0 Å². The van der Waals surface area contributed by atoms with Crippen molar-refractivity contribution in [2.45, 2.75) is 31.5 Å². The zero-order valence-electron chi connectivity index (χ0n) is 11.9. The van der Waals surface area contributed by atoms with Crippen LogP contribution in [0.15, 0.2) is 6.33 Å². The summed E-state index contributed by atoms with van der Waals surface area (Å²) in [5, 5.41) is 32.4. The summed E-state index contributed by atoms with van der Waals surface area (Å²) in [5.74, 6) is 0.592. The maximum absolute atomic E-state index is 10.2. The van der Waals surface area contributed by atoms with Gasteiger partial charge >= 0.3 is 0 Å². The molecule has 0 bridgehead atoms. The topological polar surface area (TPSA) is 152 Å². The molecule has 120 valence electrons. The van der Waals surface area contributed by atoms with E-state index in [0.717, 1.165) is 0 Å². The lowest BCUT2D eigenvalue weighted by Gasteiger charge is -2.19. The molecular weight excluding hydrogens is 292 g/mol. The standard InChI is InChI=1S/C12H18N6O4/c1-2-14-12-17-6-9(13)15-4-16-10(6)18(12)11-8(21)7(20)5(3-19)22-11/h4-5,7-8,11,19-21H,2-3H2,1H3,(H,14,17)(H2,13,15,16)/t5-,7-,8-,11-/m1/s1. The van der Waals surface area contributed by atoms with E-state index in [1.165, 1.54) is 10.9 Å². The summed E-state index contributed by atoms with van der Waals surface area (Å²) in [6.07, 6.45) is -2.98. The first kappa shape index (κ1) is 14.9. The minimum absolute atomic E-state index is 0.203. The normalized spacial score (nSPS) is 28.4. The van der Waals surface area contributed by atoms with Gasteiger partial charge in [-0.1, -0.05) is 0 Å². The van der Waals surface area contributed by atoms with Crippen molar-refractivity contribution < 1.29 is 20.1 Å². The highest BCUT2D eigenvalue weighted by Gasteiger charge is 2.45. The Labute approximate surface area is 125 Å². The molecule has 0 spiro atoms. The van der Waals surface area contributed by atoms with E-state index in [4.69, 9.17) is 10.5 Å². The van der Waals surface area contributed by atoms with Gasteiger partial charge in [0.1, 0.15) is 24.6 Å². The third-order valence-corrected chi connectivity index (χ3v) is 3.61. The molecule has 3 heterocycles. The van der Waals surface area contributed by atoms with Gasteiger partial charge in [0.25, 0.3) is 0 Å².